The lowest BCUT2D eigenvalue weighted by molar-refractivity contribution is -0.372. The van der Waals surface area contributed by atoms with Gasteiger partial charge < -0.3 is 9.64 Å². The summed E-state index contributed by atoms with van der Waals surface area (Å²) in [5.41, 5.74) is 1.18. The first-order chi connectivity index (χ1) is 10.8. The van der Waals surface area contributed by atoms with Crippen LogP contribution in [0.4, 0.5) is 0 Å². The smallest absolute Gasteiger partial charge is 0.0726 e. The molecule has 8 aliphatic rings. The largest absolute Gasteiger partial charge is 0.374 e. The van der Waals surface area contributed by atoms with E-state index in [1.54, 1.807) is 19.3 Å². The molecule has 2 saturated heterocycles. The lowest BCUT2D eigenvalue weighted by Crippen LogP contribution is -2.79. The van der Waals surface area contributed by atoms with Crippen LogP contribution in [-0.4, -0.2) is 36.2 Å². The molecule has 5 bridgehead atoms. The standard InChI is InChI=1S/C20H31NO/c1-2-6-21-7-3-4-15(17(21)5-1)12-22-20-10-14-8-16-11-19(9-14,13-20)18(16)20/h14-18H,1-13H2. The molecule has 0 radical (unpaired) electrons. The van der Waals surface area contributed by atoms with Crippen molar-refractivity contribution in [3.63, 3.8) is 0 Å². The minimum atomic E-state index is 0.376. The molecule has 6 saturated carbocycles. The normalized spacial score (nSPS) is 58.6. The Balaban J connectivity index is 1.16. The van der Waals surface area contributed by atoms with E-state index >= 15 is 0 Å². The van der Waals surface area contributed by atoms with E-state index in [1.165, 1.54) is 58.0 Å². The molecule has 8 rings (SSSR count). The van der Waals surface area contributed by atoms with Crippen LogP contribution < -0.4 is 0 Å². The highest BCUT2D eigenvalue weighted by Gasteiger charge is 2.78. The van der Waals surface area contributed by atoms with Gasteiger partial charge in [-0.15, -0.1) is 0 Å². The van der Waals surface area contributed by atoms with Gasteiger partial charge in [0, 0.05) is 6.04 Å². The molecule has 0 aromatic heterocycles. The highest BCUT2D eigenvalue weighted by atomic mass is 16.5. The van der Waals surface area contributed by atoms with Gasteiger partial charge in [-0.2, -0.15) is 0 Å². The second-order valence-electron chi connectivity index (χ2n) is 9.87. The lowest BCUT2D eigenvalue weighted by Gasteiger charge is -2.81. The average Bonchev–Trinajstić information content (AvgIpc) is 2.51. The third-order valence-corrected chi connectivity index (χ3v) is 8.80. The summed E-state index contributed by atoms with van der Waals surface area (Å²) in [6.07, 6.45) is 14.7. The van der Waals surface area contributed by atoms with Crippen molar-refractivity contribution in [2.45, 2.75) is 75.9 Å². The second-order valence-corrected chi connectivity index (χ2v) is 9.87. The highest BCUT2D eigenvalue weighted by Crippen LogP contribution is 2.82. The zero-order valence-electron chi connectivity index (χ0n) is 13.9. The maximum Gasteiger partial charge on any atom is 0.0726 e. The molecule has 0 amide bonds. The summed E-state index contributed by atoms with van der Waals surface area (Å²) in [6, 6.07) is 0.864. The summed E-state index contributed by atoms with van der Waals surface area (Å²) in [6.45, 7) is 3.82. The Hall–Kier alpha value is -0.0800. The fraction of sp³-hybridized carbons (Fsp3) is 1.00. The molecule has 1 spiro atoms. The average molecular weight is 301 g/mol. The van der Waals surface area contributed by atoms with Crippen molar-refractivity contribution in [3.8, 4) is 0 Å². The molecule has 0 N–H and O–H groups in total. The SMILES string of the molecule is C1CCN2CCCC(COC34CC5CC6CC(C5)(C3)C64)C2C1. The van der Waals surface area contributed by atoms with Crippen LogP contribution in [-0.2, 0) is 4.74 Å². The maximum absolute atomic E-state index is 6.83. The summed E-state index contributed by atoms with van der Waals surface area (Å²) in [5.74, 6) is 3.95. The molecular formula is C20H31NO. The molecule has 2 heteroatoms. The summed E-state index contributed by atoms with van der Waals surface area (Å²) < 4.78 is 6.83. The summed E-state index contributed by atoms with van der Waals surface area (Å²) in [4.78, 5) is 2.80. The van der Waals surface area contributed by atoms with Gasteiger partial charge in [0.25, 0.3) is 0 Å². The second kappa shape index (κ2) is 4.30. The number of hydrogen-bond acceptors (Lipinski definition) is 2. The monoisotopic (exact) mass is 301 g/mol. The Morgan fingerprint density at radius 3 is 2.86 bits per heavy atom. The van der Waals surface area contributed by atoms with Gasteiger partial charge in [0.1, 0.15) is 0 Å². The first-order valence-electron chi connectivity index (χ1n) is 10.2. The molecule has 6 aliphatic carbocycles. The molecule has 2 heterocycles. The molecular weight excluding hydrogens is 270 g/mol. The zero-order valence-corrected chi connectivity index (χ0v) is 13.9. The van der Waals surface area contributed by atoms with E-state index in [2.05, 4.69) is 4.90 Å². The van der Waals surface area contributed by atoms with Gasteiger partial charge in [0.05, 0.1) is 12.2 Å². The summed E-state index contributed by atoms with van der Waals surface area (Å²) >= 11 is 0. The number of rotatable bonds is 3. The van der Waals surface area contributed by atoms with E-state index in [1.807, 2.05) is 0 Å². The Morgan fingerprint density at radius 2 is 1.95 bits per heavy atom. The van der Waals surface area contributed by atoms with Crippen LogP contribution in [0.3, 0.4) is 0 Å². The lowest BCUT2D eigenvalue weighted by atomic mass is 9.26. The number of piperidine rings is 2. The third kappa shape index (κ3) is 1.55. The van der Waals surface area contributed by atoms with Crippen molar-refractivity contribution < 1.29 is 4.74 Å². The van der Waals surface area contributed by atoms with Gasteiger partial charge in [-0.05, 0) is 100.0 Å². The van der Waals surface area contributed by atoms with Crippen molar-refractivity contribution in [3.05, 3.63) is 0 Å². The van der Waals surface area contributed by atoms with Crippen molar-refractivity contribution >= 4 is 0 Å². The predicted octanol–water partition coefficient (Wildman–Crippen LogP) is 3.85. The van der Waals surface area contributed by atoms with Crippen LogP contribution in [0.25, 0.3) is 0 Å². The number of hydrogen-bond donors (Lipinski definition) is 0. The Morgan fingerprint density at radius 1 is 1.00 bits per heavy atom. The van der Waals surface area contributed by atoms with Crippen LogP contribution in [0.5, 0.6) is 0 Å². The minimum absolute atomic E-state index is 0.376. The first kappa shape index (κ1) is 13.2. The molecule has 122 valence electrons. The number of fused-ring (bicyclic) bond motifs is 1. The fourth-order valence-electron chi connectivity index (χ4n) is 8.53. The van der Waals surface area contributed by atoms with E-state index in [4.69, 9.17) is 4.74 Å². The molecule has 0 aromatic rings. The van der Waals surface area contributed by atoms with Gasteiger partial charge in [-0.3, -0.25) is 0 Å². The first-order valence-corrected chi connectivity index (χ1v) is 10.2. The molecule has 0 aromatic carbocycles. The van der Waals surface area contributed by atoms with Gasteiger partial charge >= 0.3 is 0 Å². The van der Waals surface area contributed by atoms with Crippen molar-refractivity contribution in [2.24, 2.45) is 29.1 Å². The van der Waals surface area contributed by atoms with E-state index in [9.17, 15) is 0 Å². The number of nitrogens with zero attached hydrogens (tertiary/aromatic N) is 1. The molecule has 7 atom stereocenters. The van der Waals surface area contributed by atoms with Crippen LogP contribution >= 0.6 is 0 Å². The van der Waals surface area contributed by atoms with Crippen molar-refractivity contribution in [2.75, 3.05) is 19.7 Å². The van der Waals surface area contributed by atoms with Gasteiger partial charge in [0.15, 0.2) is 0 Å². The highest BCUT2D eigenvalue weighted by molar-refractivity contribution is 5.28. The Kier molecular flexibility index (Phi) is 2.59. The third-order valence-electron chi connectivity index (χ3n) is 8.80. The van der Waals surface area contributed by atoms with Crippen LogP contribution in [0.2, 0.25) is 0 Å². The van der Waals surface area contributed by atoms with Crippen molar-refractivity contribution in [1.82, 2.24) is 4.90 Å². The molecule has 8 fully saturated rings. The van der Waals surface area contributed by atoms with Crippen LogP contribution in [0.1, 0.15) is 64.2 Å². The van der Waals surface area contributed by atoms with Gasteiger partial charge in [0.2, 0.25) is 0 Å². The number of ether oxygens (including phenoxy) is 1. The zero-order chi connectivity index (χ0) is 14.4. The van der Waals surface area contributed by atoms with Crippen molar-refractivity contribution in [1.29, 1.82) is 0 Å². The van der Waals surface area contributed by atoms with E-state index in [0.29, 0.717) is 5.60 Å². The van der Waals surface area contributed by atoms with Crippen LogP contribution in [0.15, 0.2) is 0 Å². The maximum atomic E-state index is 6.83. The fourth-order valence-corrected chi connectivity index (χ4v) is 8.53. The molecule has 22 heavy (non-hydrogen) atoms. The van der Waals surface area contributed by atoms with Gasteiger partial charge in [-0.25, -0.2) is 0 Å². The molecule has 2 nitrogen and oxygen atoms in total. The Bertz CT molecular complexity index is 484. The quantitative estimate of drug-likeness (QED) is 0.785. The predicted molar refractivity (Wildman–Crippen MR) is 86.6 cm³/mol. The Labute approximate surface area is 135 Å². The summed E-state index contributed by atoms with van der Waals surface area (Å²) in [5, 5.41) is 0. The molecule has 7 unspecified atom stereocenters. The van der Waals surface area contributed by atoms with E-state index in [0.717, 1.165) is 41.7 Å². The van der Waals surface area contributed by atoms with E-state index < -0.39 is 0 Å². The summed E-state index contributed by atoms with van der Waals surface area (Å²) in [7, 11) is 0. The van der Waals surface area contributed by atoms with Gasteiger partial charge in [-0.1, -0.05) is 6.42 Å². The molecule has 2 aliphatic heterocycles. The van der Waals surface area contributed by atoms with E-state index in [-0.39, 0.29) is 0 Å². The minimum Gasteiger partial charge on any atom is -0.374 e. The van der Waals surface area contributed by atoms with Crippen LogP contribution in [0, 0.1) is 29.1 Å². The topological polar surface area (TPSA) is 12.5 Å².